The Morgan fingerprint density at radius 3 is 2.50 bits per heavy atom. The van der Waals surface area contributed by atoms with Crippen LogP contribution >= 0.6 is 11.6 Å². The summed E-state index contributed by atoms with van der Waals surface area (Å²) in [6.45, 7) is 1.90. The van der Waals surface area contributed by atoms with Gasteiger partial charge in [0.25, 0.3) is 0 Å². The highest BCUT2D eigenvalue weighted by Gasteiger charge is 2.35. The molecular formula is C14H20ClNO2. The van der Waals surface area contributed by atoms with Crippen LogP contribution in [0.4, 0.5) is 0 Å². The molecule has 1 aliphatic carbocycles. The molecule has 0 aliphatic heterocycles. The molecule has 2 rings (SSSR count). The summed E-state index contributed by atoms with van der Waals surface area (Å²) in [5, 5.41) is 10.9. The number of rotatable bonds is 2. The summed E-state index contributed by atoms with van der Waals surface area (Å²) in [7, 11) is 1.54. The zero-order valence-corrected chi connectivity index (χ0v) is 11.7. The van der Waals surface area contributed by atoms with Crippen LogP contribution in [0.5, 0.6) is 11.5 Å². The van der Waals surface area contributed by atoms with E-state index in [0.717, 1.165) is 31.2 Å². The summed E-state index contributed by atoms with van der Waals surface area (Å²) in [4.78, 5) is 0. The molecule has 1 aromatic carbocycles. The van der Waals surface area contributed by atoms with Crippen molar-refractivity contribution >= 4 is 11.6 Å². The maximum atomic E-state index is 10.3. The van der Waals surface area contributed by atoms with E-state index < -0.39 is 5.54 Å². The maximum absolute atomic E-state index is 10.3. The van der Waals surface area contributed by atoms with E-state index in [1.54, 1.807) is 6.07 Å². The van der Waals surface area contributed by atoms with Crippen LogP contribution in [0.1, 0.15) is 43.2 Å². The molecule has 1 saturated carbocycles. The quantitative estimate of drug-likeness (QED) is 0.864. The van der Waals surface area contributed by atoms with Gasteiger partial charge in [0.15, 0.2) is 11.5 Å². The van der Waals surface area contributed by atoms with Gasteiger partial charge in [-0.2, -0.15) is 0 Å². The third-order valence-corrected chi connectivity index (χ3v) is 4.33. The molecule has 0 spiro atoms. The van der Waals surface area contributed by atoms with E-state index in [0.29, 0.717) is 16.3 Å². The predicted octanol–water partition coefficient (Wildman–Crippen LogP) is 3.48. The lowest BCUT2D eigenvalue weighted by Crippen LogP contribution is -2.39. The molecule has 4 heteroatoms. The normalized spacial score (nSPS) is 18.7. The molecule has 0 saturated heterocycles. The molecule has 0 unspecified atom stereocenters. The summed E-state index contributed by atoms with van der Waals surface area (Å²) in [6.07, 6.45) is 5.05. The minimum atomic E-state index is -0.529. The Labute approximate surface area is 113 Å². The number of halogens is 1. The van der Waals surface area contributed by atoms with Gasteiger partial charge in [-0.25, -0.2) is 0 Å². The standard InChI is InChI=1S/C14H20ClNO2/c1-9-8-10(18-2)13(17)11(12(9)15)14(16)6-4-3-5-7-14/h8,17H,3-7,16H2,1-2H3. The molecular weight excluding hydrogens is 250 g/mol. The third kappa shape index (κ3) is 2.17. The number of aromatic hydroxyl groups is 1. The second kappa shape index (κ2) is 4.98. The van der Waals surface area contributed by atoms with Crippen molar-refractivity contribution in [2.45, 2.75) is 44.6 Å². The Bertz CT molecular complexity index is 454. The zero-order valence-electron chi connectivity index (χ0n) is 10.9. The fourth-order valence-corrected chi connectivity index (χ4v) is 3.13. The molecule has 0 heterocycles. The van der Waals surface area contributed by atoms with Crippen LogP contribution in [-0.2, 0) is 5.54 Å². The summed E-state index contributed by atoms with van der Waals surface area (Å²) in [5.41, 5.74) is 7.48. The number of nitrogens with two attached hydrogens (primary N) is 1. The Balaban J connectivity index is 2.58. The topological polar surface area (TPSA) is 55.5 Å². The van der Waals surface area contributed by atoms with Gasteiger partial charge in [-0.1, -0.05) is 30.9 Å². The summed E-state index contributed by atoms with van der Waals surface area (Å²) in [5.74, 6) is 0.541. The van der Waals surface area contributed by atoms with Crippen LogP contribution in [0.15, 0.2) is 6.07 Å². The van der Waals surface area contributed by atoms with Gasteiger partial charge in [0.05, 0.1) is 12.1 Å². The lowest BCUT2D eigenvalue weighted by Gasteiger charge is -2.35. The van der Waals surface area contributed by atoms with E-state index >= 15 is 0 Å². The van der Waals surface area contributed by atoms with E-state index in [1.807, 2.05) is 6.92 Å². The Morgan fingerprint density at radius 1 is 1.33 bits per heavy atom. The zero-order chi connectivity index (χ0) is 13.3. The van der Waals surface area contributed by atoms with Crippen molar-refractivity contribution in [1.82, 2.24) is 0 Å². The van der Waals surface area contributed by atoms with Crippen LogP contribution in [0, 0.1) is 6.92 Å². The molecule has 3 nitrogen and oxygen atoms in total. The third-order valence-electron chi connectivity index (χ3n) is 3.85. The van der Waals surface area contributed by atoms with E-state index in [9.17, 15) is 5.11 Å². The van der Waals surface area contributed by atoms with Gasteiger partial charge in [-0.15, -0.1) is 0 Å². The number of aryl methyl sites for hydroxylation is 1. The average molecular weight is 270 g/mol. The van der Waals surface area contributed by atoms with Crippen molar-refractivity contribution in [3.8, 4) is 11.5 Å². The summed E-state index contributed by atoms with van der Waals surface area (Å²) in [6, 6.07) is 1.74. The summed E-state index contributed by atoms with van der Waals surface area (Å²) >= 11 is 6.35. The van der Waals surface area contributed by atoms with Crippen molar-refractivity contribution in [2.75, 3.05) is 7.11 Å². The molecule has 100 valence electrons. The highest BCUT2D eigenvalue weighted by atomic mass is 35.5. The largest absolute Gasteiger partial charge is 0.504 e. The van der Waals surface area contributed by atoms with Gasteiger partial charge >= 0.3 is 0 Å². The number of methoxy groups -OCH3 is 1. The number of phenols is 1. The van der Waals surface area contributed by atoms with Gasteiger partial charge < -0.3 is 15.6 Å². The van der Waals surface area contributed by atoms with Crippen molar-refractivity contribution in [3.63, 3.8) is 0 Å². The molecule has 0 radical (unpaired) electrons. The second-order valence-electron chi connectivity index (χ2n) is 5.15. The number of benzene rings is 1. The van der Waals surface area contributed by atoms with Gasteiger partial charge in [0.1, 0.15) is 0 Å². The molecule has 0 bridgehead atoms. The minimum absolute atomic E-state index is 0.0949. The number of hydrogen-bond donors (Lipinski definition) is 2. The van der Waals surface area contributed by atoms with E-state index in [-0.39, 0.29) is 5.75 Å². The molecule has 1 fully saturated rings. The lowest BCUT2D eigenvalue weighted by molar-refractivity contribution is 0.286. The minimum Gasteiger partial charge on any atom is -0.504 e. The lowest BCUT2D eigenvalue weighted by atomic mass is 9.76. The van der Waals surface area contributed by atoms with Gasteiger partial charge in [-0.05, 0) is 31.4 Å². The Kier molecular flexibility index (Phi) is 3.74. The molecule has 0 atom stereocenters. The molecule has 0 aromatic heterocycles. The monoisotopic (exact) mass is 269 g/mol. The van der Waals surface area contributed by atoms with Crippen molar-refractivity contribution in [2.24, 2.45) is 5.73 Å². The highest BCUT2D eigenvalue weighted by Crippen LogP contribution is 2.47. The fraction of sp³-hybridized carbons (Fsp3) is 0.571. The van der Waals surface area contributed by atoms with Crippen LogP contribution < -0.4 is 10.5 Å². The predicted molar refractivity (Wildman–Crippen MR) is 73.4 cm³/mol. The molecule has 0 amide bonds. The average Bonchev–Trinajstić information content (AvgIpc) is 2.34. The van der Waals surface area contributed by atoms with Crippen LogP contribution in [0.2, 0.25) is 5.02 Å². The van der Waals surface area contributed by atoms with Crippen molar-refractivity contribution in [3.05, 3.63) is 22.2 Å². The van der Waals surface area contributed by atoms with Gasteiger partial charge in [0, 0.05) is 11.1 Å². The number of ether oxygens (including phenoxy) is 1. The van der Waals surface area contributed by atoms with Crippen LogP contribution in [-0.4, -0.2) is 12.2 Å². The Hall–Kier alpha value is -0.930. The first kappa shape index (κ1) is 13.5. The van der Waals surface area contributed by atoms with Gasteiger partial charge in [-0.3, -0.25) is 0 Å². The molecule has 18 heavy (non-hydrogen) atoms. The molecule has 1 aromatic rings. The van der Waals surface area contributed by atoms with Crippen molar-refractivity contribution < 1.29 is 9.84 Å². The van der Waals surface area contributed by atoms with Crippen LogP contribution in [0.3, 0.4) is 0 Å². The maximum Gasteiger partial charge on any atom is 0.164 e. The highest BCUT2D eigenvalue weighted by molar-refractivity contribution is 6.32. The first-order valence-corrected chi connectivity index (χ1v) is 6.73. The smallest absolute Gasteiger partial charge is 0.164 e. The Morgan fingerprint density at radius 2 is 1.94 bits per heavy atom. The van der Waals surface area contributed by atoms with E-state index in [1.165, 1.54) is 13.5 Å². The number of hydrogen-bond acceptors (Lipinski definition) is 3. The van der Waals surface area contributed by atoms with E-state index in [2.05, 4.69) is 0 Å². The SMILES string of the molecule is COc1cc(C)c(Cl)c(C2(N)CCCCC2)c1O. The first-order valence-electron chi connectivity index (χ1n) is 6.35. The second-order valence-corrected chi connectivity index (χ2v) is 5.53. The fourth-order valence-electron chi connectivity index (χ4n) is 2.80. The van der Waals surface area contributed by atoms with E-state index in [4.69, 9.17) is 22.1 Å². The van der Waals surface area contributed by atoms with Gasteiger partial charge in [0.2, 0.25) is 0 Å². The summed E-state index contributed by atoms with van der Waals surface area (Å²) < 4.78 is 5.19. The molecule has 1 aliphatic rings. The number of phenolic OH excluding ortho intramolecular Hbond substituents is 1. The van der Waals surface area contributed by atoms with Crippen molar-refractivity contribution in [1.29, 1.82) is 0 Å². The first-order chi connectivity index (χ1) is 8.49. The molecule has 3 N–H and O–H groups in total. The van der Waals surface area contributed by atoms with Crippen LogP contribution in [0.25, 0.3) is 0 Å².